The lowest BCUT2D eigenvalue weighted by molar-refractivity contribution is 0.322. The van der Waals surface area contributed by atoms with Crippen LogP contribution in [0.4, 0.5) is 0 Å². The molecule has 1 aliphatic heterocycles. The second-order valence-electron chi connectivity index (χ2n) is 6.53. The highest BCUT2D eigenvalue weighted by atomic mass is 35.5. The van der Waals surface area contributed by atoms with Gasteiger partial charge in [-0.15, -0.1) is 0 Å². The maximum absolute atomic E-state index is 6.22. The van der Waals surface area contributed by atoms with E-state index in [-0.39, 0.29) is 5.54 Å². The molecule has 4 heteroatoms. The molecule has 0 bridgehead atoms. The van der Waals surface area contributed by atoms with Gasteiger partial charge in [-0.3, -0.25) is 0 Å². The van der Waals surface area contributed by atoms with Gasteiger partial charge in [-0.2, -0.15) is 0 Å². The number of aromatic nitrogens is 2. The Kier molecular flexibility index (Phi) is 3.23. The van der Waals surface area contributed by atoms with Crippen molar-refractivity contribution >= 4 is 22.6 Å². The molecule has 0 amide bonds. The minimum absolute atomic E-state index is 0.0723. The van der Waals surface area contributed by atoms with Gasteiger partial charge in [-0.25, -0.2) is 4.98 Å². The monoisotopic (exact) mass is 303 g/mol. The van der Waals surface area contributed by atoms with Gasteiger partial charge >= 0.3 is 0 Å². The maximum atomic E-state index is 6.22. The predicted molar refractivity (Wildman–Crippen MR) is 86.8 cm³/mol. The molecule has 2 aromatic rings. The van der Waals surface area contributed by atoms with E-state index in [2.05, 4.69) is 28.9 Å². The SMILES string of the molecule is CCCC1(c2nc3ccc(Cl)cc3n2C2CC2)CCCN1. The summed E-state index contributed by atoms with van der Waals surface area (Å²) in [6, 6.07) is 6.72. The van der Waals surface area contributed by atoms with Crippen LogP contribution >= 0.6 is 11.6 Å². The summed E-state index contributed by atoms with van der Waals surface area (Å²) in [6.45, 7) is 3.37. The van der Waals surface area contributed by atoms with Crippen LogP contribution in [0.2, 0.25) is 5.02 Å². The van der Waals surface area contributed by atoms with E-state index in [9.17, 15) is 0 Å². The van der Waals surface area contributed by atoms with Crippen molar-refractivity contribution in [3.8, 4) is 0 Å². The Labute approximate surface area is 130 Å². The third kappa shape index (κ3) is 2.18. The minimum Gasteiger partial charge on any atom is -0.323 e. The van der Waals surface area contributed by atoms with Gasteiger partial charge in [0.2, 0.25) is 0 Å². The molecule has 1 saturated heterocycles. The molecule has 2 aliphatic rings. The molecular weight excluding hydrogens is 282 g/mol. The second kappa shape index (κ2) is 4.99. The summed E-state index contributed by atoms with van der Waals surface area (Å²) >= 11 is 6.22. The fourth-order valence-corrected chi connectivity index (χ4v) is 4.02. The van der Waals surface area contributed by atoms with Crippen molar-refractivity contribution < 1.29 is 0 Å². The van der Waals surface area contributed by atoms with E-state index in [0.29, 0.717) is 6.04 Å². The van der Waals surface area contributed by atoms with E-state index < -0.39 is 0 Å². The Morgan fingerprint density at radius 1 is 1.43 bits per heavy atom. The van der Waals surface area contributed by atoms with Gasteiger partial charge in [0.15, 0.2) is 0 Å². The lowest BCUT2D eigenvalue weighted by Crippen LogP contribution is -2.39. The summed E-state index contributed by atoms with van der Waals surface area (Å²) in [5.74, 6) is 1.25. The quantitative estimate of drug-likeness (QED) is 0.907. The average molecular weight is 304 g/mol. The highest BCUT2D eigenvalue weighted by Crippen LogP contribution is 2.44. The summed E-state index contributed by atoms with van der Waals surface area (Å²) in [5, 5.41) is 4.57. The Balaban J connectivity index is 1.92. The van der Waals surface area contributed by atoms with Crippen LogP contribution in [0.25, 0.3) is 11.0 Å². The smallest absolute Gasteiger partial charge is 0.130 e. The Morgan fingerprint density at radius 3 is 2.95 bits per heavy atom. The largest absolute Gasteiger partial charge is 0.323 e. The Hall–Kier alpha value is -1.06. The molecule has 1 aromatic carbocycles. The molecule has 1 unspecified atom stereocenters. The molecule has 2 fully saturated rings. The summed E-state index contributed by atoms with van der Waals surface area (Å²) in [5.41, 5.74) is 2.37. The lowest BCUT2D eigenvalue weighted by atomic mass is 9.90. The number of hydrogen-bond acceptors (Lipinski definition) is 2. The van der Waals surface area contributed by atoms with Crippen LogP contribution < -0.4 is 5.32 Å². The normalized spacial score (nSPS) is 25.8. The van der Waals surface area contributed by atoms with Crippen molar-refractivity contribution in [2.24, 2.45) is 0 Å². The van der Waals surface area contributed by atoms with E-state index in [4.69, 9.17) is 16.6 Å². The van der Waals surface area contributed by atoms with E-state index in [1.165, 1.54) is 43.4 Å². The fourth-order valence-electron chi connectivity index (χ4n) is 3.86. The van der Waals surface area contributed by atoms with Gasteiger partial charge in [0, 0.05) is 11.1 Å². The molecule has 3 nitrogen and oxygen atoms in total. The van der Waals surface area contributed by atoms with E-state index in [1.54, 1.807) is 0 Å². The van der Waals surface area contributed by atoms with Crippen LogP contribution in [0.1, 0.15) is 57.3 Å². The zero-order chi connectivity index (χ0) is 14.4. The highest BCUT2D eigenvalue weighted by Gasteiger charge is 2.41. The molecule has 112 valence electrons. The predicted octanol–water partition coefficient (Wildman–Crippen LogP) is 4.40. The zero-order valence-electron chi connectivity index (χ0n) is 12.5. The van der Waals surface area contributed by atoms with Crippen molar-refractivity contribution in [2.45, 2.75) is 57.0 Å². The summed E-state index contributed by atoms with van der Waals surface area (Å²) in [6.07, 6.45) is 7.33. The number of nitrogens with zero attached hydrogens (tertiary/aromatic N) is 2. The highest BCUT2D eigenvalue weighted by molar-refractivity contribution is 6.31. The molecule has 1 aliphatic carbocycles. The summed E-state index contributed by atoms with van der Waals surface area (Å²) in [7, 11) is 0. The molecule has 1 atom stereocenters. The van der Waals surface area contributed by atoms with Crippen LogP contribution in [0.15, 0.2) is 18.2 Å². The van der Waals surface area contributed by atoms with Crippen LogP contribution in [0, 0.1) is 0 Å². The Bertz CT molecular complexity index is 666. The zero-order valence-corrected chi connectivity index (χ0v) is 13.3. The minimum atomic E-state index is 0.0723. The molecule has 1 N–H and O–H groups in total. The van der Waals surface area contributed by atoms with E-state index >= 15 is 0 Å². The van der Waals surface area contributed by atoms with Crippen LogP contribution in [0.3, 0.4) is 0 Å². The average Bonchev–Trinajstić information content (AvgIpc) is 3.07. The molecule has 21 heavy (non-hydrogen) atoms. The fraction of sp³-hybridized carbons (Fsp3) is 0.588. The molecule has 0 radical (unpaired) electrons. The number of imidazole rings is 1. The standard InChI is InChI=1S/C17H22ClN3/c1-2-8-17(9-3-10-19-17)16-20-14-7-4-12(18)11-15(14)21(16)13-5-6-13/h4,7,11,13,19H,2-3,5-6,8-10H2,1H3. The first-order chi connectivity index (χ1) is 10.2. The molecule has 1 aromatic heterocycles. The molecule has 2 heterocycles. The second-order valence-corrected chi connectivity index (χ2v) is 6.97. The summed E-state index contributed by atoms with van der Waals surface area (Å²) in [4.78, 5) is 5.03. The molecular formula is C17H22ClN3. The number of fused-ring (bicyclic) bond motifs is 1. The van der Waals surface area contributed by atoms with Crippen LogP contribution in [0.5, 0.6) is 0 Å². The van der Waals surface area contributed by atoms with Crippen molar-refractivity contribution in [3.63, 3.8) is 0 Å². The molecule has 4 rings (SSSR count). The first-order valence-corrected chi connectivity index (χ1v) is 8.54. The topological polar surface area (TPSA) is 29.9 Å². The third-order valence-electron chi connectivity index (χ3n) is 4.91. The number of hydrogen-bond donors (Lipinski definition) is 1. The van der Waals surface area contributed by atoms with Gasteiger partial charge in [-0.05, 0) is 56.8 Å². The lowest BCUT2D eigenvalue weighted by Gasteiger charge is -2.29. The van der Waals surface area contributed by atoms with Crippen molar-refractivity contribution in [3.05, 3.63) is 29.0 Å². The van der Waals surface area contributed by atoms with Gasteiger partial charge in [-0.1, -0.05) is 24.9 Å². The number of benzene rings is 1. The van der Waals surface area contributed by atoms with Crippen molar-refractivity contribution in [2.75, 3.05) is 6.54 Å². The molecule has 1 saturated carbocycles. The van der Waals surface area contributed by atoms with Crippen molar-refractivity contribution in [1.29, 1.82) is 0 Å². The van der Waals surface area contributed by atoms with Gasteiger partial charge in [0.1, 0.15) is 5.82 Å². The van der Waals surface area contributed by atoms with Crippen LogP contribution in [-0.4, -0.2) is 16.1 Å². The van der Waals surface area contributed by atoms with Gasteiger partial charge in [0.25, 0.3) is 0 Å². The summed E-state index contributed by atoms with van der Waals surface area (Å²) < 4.78 is 2.48. The number of halogens is 1. The van der Waals surface area contributed by atoms with Crippen molar-refractivity contribution in [1.82, 2.24) is 14.9 Å². The number of nitrogens with one attached hydrogen (secondary N) is 1. The third-order valence-corrected chi connectivity index (χ3v) is 5.15. The Morgan fingerprint density at radius 2 is 2.29 bits per heavy atom. The van der Waals surface area contributed by atoms with Gasteiger partial charge < -0.3 is 9.88 Å². The first-order valence-electron chi connectivity index (χ1n) is 8.16. The maximum Gasteiger partial charge on any atom is 0.130 e. The van der Waals surface area contributed by atoms with E-state index in [1.807, 2.05) is 6.07 Å². The van der Waals surface area contributed by atoms with Gasteiger partial charge in [0.05, 0.1) is 16.6 Å². The van der Waals surface area contributed by atoms with Crippen LogP contribution in [-0.2, 0) is 5.54 Å². The van der Waals surface area contributed by atoms with E-state index in [0.717, 1.165) is 23.5 Å². The number of rotatable bonds is 4. The first kappa shape index (κ1) is 13.6. The molecule has 0 spiro atoms.